The van der Waals surface area contributed by atoms with Gasteiger partial charge in [0.25, 0.3) is 0 Å². The molecule has 0 heterocycles. The molecule has 0 atom stereocenters. The molecule has 0 spiro atoms. The second kappa shape index (κ2) is 9.74. The van der Waals surface area contributed by atoms with E-state index in [0.717, 1.165) is 32.6 Å². The fourth-order valence-corrected chi connectivity index (χ4v) is 4.35. The van der Waals surface area contributed by atoms with Gasteiger partial charge in [-0.1, -0.05) is 44.2 Å². The van der Waals surface area contributed by atoms with E-state index in [-0.39, 0.29) is 5.78 Å². The Kier molecular flexibility index (Phi) is 7.92. The van der Waals surface area contributed by atoms with Crippen molar-refractivity contribution < 1.29 is 15.3 Å². The van der Waals surface area contributed by atoms with Crippen molar-refractivity contribution in [2.24, 2.45) is 5.41 Å². The zero-order valence-corrected chi connectivity index (χ0v) is 17.6. The summed E-state index contributed by atoms with van der Waals surface area (Å²) in [4.78, 5) is 12.9. The number of benzene rings is 2. The Morgan fingerprint density at radius 2 is 1.67 bits per heavy atom. The third kappa shape index (κ3) is 5.58. The van der Waals surface area contributed by atoms with Gasteiger partial charge in [-0.3, -0.25) is 15.3 Å². The van der Waals surface area contributed by atoms with E-state index in [1.165, 1.54) is 31.2 Å². The molecule has 1 fully saturated rings. The van der Waals surface area contributed by atoms with Gasteiger partial charge in [-0.15, -0.1) is 0 Å². The number of Topliss-reactive ketones (excluding diaryl/α,β-unsaturated/α-hetero) is 1. The van der Waals surface area contributed by atoms with Crippen LogP contribution in [0.15, 0.2) is 47.4 Å². The van der Waals surface area contributed by atoms with Crippen molar-refractivity contribution in [2.45, 2.75) is 57.3 Å². The van der Waals surface area contributed by atoms with Gasteiger partial charge >= 0.3 is 0 Å². The lowest BCUT2D eigenvalue weighted by atomic mass is 9.71. The molecular weight excluding hydrogens is 380 g/mol. The highest BCUT2D eigenvalue weighted by molar-refractivity contribution is 8.21. The first-order valence-corrected chi connectivity index (χ1v) is 10.8. The van der Waals surface area contributed by atoms with Gasteiger partial charge in [0.05, 0.1) is 0 Å². The predicted molar refractivity (Wildman–Crippen MR) is 114 cm³/mol. The zero-order chi connectivity index (χ0) is 20.0. The molecule has 2 N–H and O–H groups in total. The summed E-state index contributed by atoms with van der Waals surface area (Å²) in [5.74, 6) is 0.741. The molecule has 27 heavy (non-hydrogen) atoms. The maximum Gasteiger partial charge on any atom is 0.160 e. The normalized spacial score (nSPS) is 16.4. The molecule has 0 amide bonds. The monoisotopic (exact) mass is 406 g/mol. The summed E-state index contributed by atoms with van der Waals surface area (Å²) in [6.45, 7) is 6.36. The van der Waals surface area contributed by atoms with Crippen molar-refractivity contribution in [3.63, 3.8) is 0 Å². The van der Waals surface area contributed by atoms with E-state index in [9.17, 15) is 4.79 Å². The van der Waals surface area contributed by atoms with Crippen LogP contribution in [0.1, 0.15) is 68.3 Å². The molecule has 2 aromatic carbocycles. The SMILES string of the molecule is CC(=O)c1cc(SCl)ccc1-c1ccc(C2CCC(C)(C)CC2)cc1.OO. The Labute approximate surface area is 170 Å². The topological polar surface area (TPSA) is 57.5 Å². The highest BCUT2D eigenvalue weighted by Gasteiger charge is 2.27. The number of carbonyl (C=O) groups is 1. The number of ketones is 1. The summed E-state index contributed by atoms with van der Waals surface area (Å²) in [6.07, 6.45) is 5.14. The van der Waals surface area contributed by atoms with Gasteiger partial charge in [0, 0.05) is 10.5 Å². The van der Waals surface area contributed by atoms with E-state index in [0.29, 0.717) is 11.3 Å². The molecule has 0 radical (unpaired) electrons. The highest BCUT2D eigenvalue weighted by Crippen LogP contribution is 2.42. The minimum Gasteiger partial charge on any atom is -0.294 e. The van der Waals surface area contributed by atoms with Crippen LogP contribution in [0, 0.1) is 5.41 Å². The molecule has 0 saturated heterocycles. The molecule has 0 unspecified atom stereocenters. The lowest BCUT2D eigenvalue weighted by Gasteiger charge is -2.34. The van der Waals surface area contributed by atoms with Crippen LogP contribution >= 0.6 is 21.7 Å². The fourth-order valence-electron chi connectivity index (χ4n) is 3.78. The van der Waals surface area contributed by atoms with E-state index in [2.05, 4.69) is 38.1 Å². The van der Waals surface area contributed by atoms with Crippen molar-refractivity contribution >= 4 is 27.4 Å². The quantitative estimate of drug-likeness (QED) is 0.313. The van der Waals surface area contributed by atoms with Gasteiger partial charge in [0.15, 0.2) is 5.78 Å². The van der Waals surface area contributed by atoms with Gasteiger partial charge in [-0.2, -0.15) is 0 Å². The summed E-state index contributed by atoms with van der Waals surface area (Å²) in [7, 11) is 6.98. The van der Waals surface area contributed by atoms with Crippen LogP contribution in [0.2, 0.25) is 0 Å². The molecule has 1 aliphatic carbocycles. The largest absolute Gasteiger partial charge is 0.294 e. The van der Waals surface area contributed by atoms with E-state index in [1.807, 2.05) is 18.2 Å². The minimum atomic E-state index is 0.0705. The van der Waals surface area contributed by atoms with Crippen LogP contribution in [-0.2, 0) is 0 Å². The Bertz CT molecular complexity index is 762. The van der Waals surface area contributed by atoms with Crippen LogP contribution in [0.3, 0.4) is 0 Å². The van der Waals surface area contributed by atoms with Crippen molar-refractivity contribution in [3.05, 3.63) is 53.6 Å². The molecule has 0 aliphatic heterocycles. The van der Waals surface area contributed by atoms with Crippen LogP contribution in [-0.4, -0.2) is 16.3 Å². The molecule has 1 aliphatic rings. The summed E-state index contributed by atoms with van der Waals surface area (Å²) in [5, 5.41) is 12.0. The van der Waals surface area contributed by atoms with Crippen molar-refractivity contribution in [1.29, 1.82) is 0 Å². The van der Waals surface area contributed by atoms with Gasteiger partial charge in [0.2, 0.25) is 0 Å². The lowest BCUT2D eigenvalue weighted by Crippen LogP contribution is -2.20. The van der Waals surface area contributed by atoms with Gasteiger partial charge < -0.3 is 0 Å². The number of hydrogen-bond donors (Lipinski definition) is 2. The van der Waals surface area contributed by atoms with E-state index in [4.69, 9.17) is 21.2 Å². The molecule has 146 valence electrons. The first kappa shape index (κ1) is 22.0. The molecule has 1 saturated carbocycles. The number of rotatable bonds is 4. The van der Waals surface area contributed by atoms with E-state index in [1.54, 1.807) is 6.92 Å². The summed E-state index contributed by atoms with van der Waals surface area (Å²) in [5.41, 5.74) is 4.73. The van der Waals surface area contributed by atoms with Crippen LogP contribution in [0.25, 0.3) is 11.1 Å². The third-order valence-corrected chi connectivity index (χ3v) is 6.46. The predicted octanol–water partition coefficient (Wildman–Crippen LogP) is 7.50. The maximum atomic E-state index is 12.0. The average molecular weight is 407 g/mol. The standard InChI is InChI=1S/C22H25ClOS.H2O2/c1-15(24)21-14-19(25-23)8-9-20(21)18-6-4-16(5-7-18)17-10-12-22(2,3)13-11-17;1-2/h4-9,14,17H,10-13H2,1-3H3;1-2H. The van der Waals surface area contributed by atoms with Gasteiger partial charge in [0.1, 0.15) is 0 Å². The van der Waals surface area contributed by atoms with Crippen molar-refractivity contribution in [3.8, 4) is 11.1 Å². The maximum absolute atomic E-state index is 12.0. The number of hydrogen-bond acceptors (Lipinski definition) is 4. The second-order valence-electron chi connectivity index (χ2n) is 7.90. The minimum absolute atomic E-state index is 0.0705. The van der Waals surface area contributed by atoms with E-state index >= 15 is 0 Å². The van der Waals surface area contributed by atoms with Gasteiger partial charge in [-0.05, 0) is 94.4 Å². The van der Waals surface area contributed by atoms with Crippen molar-refractivity contribution in [2.75, 3.05) is 0 Å². The van der Waals surface area contributed by atoms with E-state index < -0.39 is 0 Å². The molecule has 3 nitrogen and oxygen atoms in total. The zero-order valence-electron chi connectivity index (χ0n) is 16.0. The van der Waals surface area contributed by atoms with Gasteiger partial charge in [-0.25, -0.2) is 0 Å². The third-order valence-electron chi connectivity index (χ3n) is 5.49. The second-order valence-corrected chi connectivity index (χ2v) is 8.99. The molecule has 5 heteroatoms. The molecule has 0 aromatic heterocycles. The Balaban J connectivity index is 0.00000126. The first-order chi connectivity index (χ1) is 12.9. The summed E-state index contributed by atoms with van der Waals surface area (Å²) < 4.78 is 0. The molecule has 0 bridgehead atoms. The Hall–Kier alpha value is -1.33. The smallest absolute Gasteiger partial charge is 0.160 e. The summed E-state index contributed by atoms with van der Waals surface area (Å²) >= 11 is 0. The van der Waals surface area contributed by atoms with Crippen LogP contribution in [0.5, 0.6) is 0 Å². The van der Waals surface area contributed by atoms with Crippen LogP contribution in [0.4, 0.5) is 0 Å². The lowest BCUT2D eigenvalue weighted by molar-refractivity contribution is -0.176. The Morgan fingerprint density at radius 1 is 1.07 bits per heavy atom. The number of halogens is 1. The fraction of sp³-hybridized carbons (Fsp3) is 0.409. The highest BCUT2D eigenvalue weighted by atomic mass is 35.7. The average Bonchev–Trinajstić information content (AvgIpc) is 2.69. The number of carbonyl (C=O) groups excluding carboxylic acids is 1. The van der Waals surface area contributed by atoms with Crippen LogP contribution < -0.4 is 0 Å². The molecule has 3 rings (SSSR count). The van der Waals surface area contributed by atoms with Crippen molar-refractivity contribution in [1.82, 2.24) is 0 Å². The summed E-state index contributed by atoms with van der Waals surface area (Å²) in [6, 6.07) is 14.6. The first-order valence-electron chi connectivity index (χ1n) is 9.13. The Morgan fingerprint density at radius 3 is 2.19 bits per heavy atom. The molecular formula is C22H27ClO3S. The molecule has 2 aromatic rings.